The second-order valence-electron chi connectivity index (χ2n) is 3.80. The molecule has 0 fully saturated rings. The number of halogens is 1. The number of H-pyrrole nitrogens is 1. The number of alkyl halides is 1. The molecule has 0 saturated carbocycles. The molecule has 17 heavy (non-hydrogen) atoms. The quantitative estimate of drug-likeness (QED) is 0.658. The number of fused-ring (bicyclic) bond motifs is 1. The lowest BCUT2D eigenvalue weighted by Gasteiger charge is -2.00. The molecule has 1 heterocycles. The molecule has 0 bridgehead atoms. The molecule has 0 unspecified atom stereocenters. The van der Waals surface area contributed by atoms with E-state index < -0.39 is 0 Å². The second-order valence-corrected chi connectivity index (χ2v) is 4.59. The van der Waals surface area contributed by atoms with Crippen LogP contribution < -0.4 is 5.32 Å². The van der Waals surface area contributed by atoms with Crippen molar-refractivity contribution in [2.75, 3.05) is 10.6 Å². The van der Waals surface area contributed by atoms with Crippen LogP contribution in [-0.4, -0.2) is 21.2 Å². The summed E-state index contributed by atoms with van der Waals surface area (Å²) in [5, 5.41) is 3.70. The zero-order valence-electron chi connectivity index (χ0n) is 9.37. The highest BCUT2D eigenvalue weighted by Gasteiger charge is 2.05. The van der Waals surface area contributed by atoms with Gasteiger partial charge in [-0.2, -0.15) is 0 Å². The largest absolute Gasteiger partial charge is 0.324 e. The lowest BCUT2D eigenvalue weighted by atomic mass is 10.2. The molecule has 0 aliphatic carbocycles. The minimum atomic E-state index is 0.00464. The summed E-state index contributed by atoms with van der Waals surface area (Å²) in [7, 11) is 0. The van der Waals surface area contributed by atoms with Crippen molar-refractivity contribution in [3.05, 3.63) is 24.3 Å². The Labute approximate surface area is 108 Å². The van der Waals surface area contributed by atoms with E-state index in [1.54, 1.807) is 0 Å². The molecule has 1 amide bonds. The monoisotopic (exact) mass is 295 g/mol. The number of unbranched alkanes of at least 4 members (excludes halogenated alkanes) is 1. The number of nitrogens with zero attached hydrogens (tertiary/aromatic N) is 1. The van der Waals surface area contributed by atoms with Crippen LogP contribution in [0.3, 0.4) is 0 Å². The van der Waals surface area contributed by atoms with Gasteiger partial charge in [0.05, 0.1) is 11.0 Å². The number of nitrogens with one attached hydrogen (secondary N) is 2. The smallest absolute Gasteiger partial charge is 0.226 e. The molecule has 0 aliphatic rings. The summed E-state index contributed by atoms with van der Waals surface area (Å²) in [5.41, 5.74) is 1.80. The number of benzene rings is 1. The van der Waals surface area contributed by atoms with Crippen molar-refractivity contribution in [2.24, 2.45) is 0 Å². The number of hydrogen-bond donors (Lipinski definition) is 2. The van der Waals surface area contributed by atoms with Crippen LogP contribution in [0, 0.1) is 0 Å². The van der Waals surface area contributed by atoms with Crippen LogP contribution in [0.1, 0.15) is 19.3 Å². The van der Waals surface area contributed by atoms with E-state index in [-0.39, 0.29) is 5.91 Å². The van der Waals surface area contributed by atoms with E-state index >= 15 is 0 Å². The molecule has 0 radical (unpaired) electrons. The van der Waals surface area contributed by atoms with E-state index in [2.05, 4.69) is 31.2 Å². The number of carbonyl (C=O) groups is 1. The van der Waals surface area contributed by atoms with Gasteiger partial charge in [0.25, 0.3) is 0 Å². The number of hydrogen-bond acceptors (Lipinski definition) is 2. The molecule has 2 rings (SSSR count). The van der Waals surface area contributed by atoms with Crippen molar-refractivity contribution in [2.45, 2.75) is 19.3 Å². The van der Waals surface area contributed by atoms with E-state index in [0.717, 1.165) is 29.2 Å². The van der Waals surface area contributed by atoms with Crippen LogP contribution in [-0.2, 0) is 4.79 Å². The summed E-state index contributed by atoms with van der Waals surface area (Å²) in [4.78, 5) is 18.9. The van der Waals surface area contributed by atoms with E-state index in [1.165, 1.54) is 0 Å². The summed E-state index contributed by atoms with van der Waals surface area (Å²) in [6.45, 7) is 0. The van der Waals surface area contributed by atoms with E-state index in [1.807, 2.05) is 24.3 Å². The Morgan fingerprint density at radius 2 is 2.18 bits per heavy atom. The molecule has 4 nitrogen and oxygen atoms in total. The molecule has 2 aromatic rings. The number of amides is 1. The standard InChI is InChI=1S/C12H14BrN3O/c13-8-4-3-7-11(17)16-12-14-9-5-1-2-6-10(9)15-12/h1-2,5-6H,3-4,7-8H2,(H2,14,15,16,17). The third kappa shape index (κ3) is 3.30. The minimum absolute atomic E-state index is 0.00464. The van der Waals surface area contributed by atoms with Crippen molar-refractivity contribution in [3.63, 3.8) is 0 Å². The van der Waals surface area contributed by atoms with Crippen molar-refractivity contribution >= 4 is 38.8 Å². The van der Waals surface area contributed by atoms with Crippen LogP contribution in [0.5, 0.6) is 0 Å². The maximum Gasteiger partial charge on any atom is 0.226 e. The fourth-order valence-electron chi connectivity index (χ4n) is 1.59. The molecule has 0 spiro atoms. The zero-order valence-corrected chi connectivity index (χ0v) is 11.0. The lowest BCUT2D eigenvalue weighted by molar-refractivity contribution is -0.116. The Morgan fingerprint density at radius 1 is 1.35 bits per heavy atom. The Bertz CT molecular complexity index is 476. The lowest BCUT2D eigenvalue weighted by Crippen LogP contribution is -2.12. The van der Waals surface area contributed by atoms with E-state index in [0.29, 0.717) is 12.4 Å². The summed E-state index contributed by atoms with van der Waals surface area (Å²) >= 11 is 3.34. The average Bonchev–Trinajstić information content (AvgIpc) is 2.71. The Morgan fingerprint density at radius 3 is 2.94 bits per heavy atom. The van der Waals surface area contributed by atoms with Gasteiger partial charge in [-0.15, -0.1) is 0 Å². The number of aromatic nitrogens is 2. The summed E-state index contributed by atoms with van der Waals surface area (Å²) < 4.78 is 0. The van der Waals surface area contributed by atoms with Gasteiger partial charge in [0.15, 0.2) is 0 Å². The van der Waals surface area contributed by atoms with Gasteiger partial charge in [0.1, 0.15) is 0 Å². The number of para-hydroxylation sites is 2. The topological polar surface area (TPSA) is 57.8 Å². The highest BCUT2D eigenvalue weighted by molar-refractivity contribution is 9.09. The highest BCUT2D eigenvalue weighted by atomic mass is 79.9. The molecule has 2 N–H and O–H groups in total. The van der Waals surface area contributed by atoms with Crippen LogP contribution in [0.2, 0.25) is 0 Å². The van der Waals surface area contributed by atoms with Crippen molar-refractivity contribution in [1.82, 2.24) is 9.97 Å². The SMILES string of the molecule is O=C(CCCCBr)Nc1nc2ccccc2[nH]1. The average molecular weight is 296 g/mol. The Balaban J connectivity index is 1.96. The number of anilines is 1. The first kappa shape index (κ1) is 12.1. The van der Waals surface area contributed by atoms with Gasteiger partial charge in [-0.1, -0.05) is 28.1 Å². The molecular formula is C12H14BrN3O. The van der Waals surface area contributed by atoms with Gasteiger partial charge in [0, 0.05) is 11.8 Å². The third-order valence-electron chi connectivity index (χ3n) is 2.43. The fraction of sp³-hybridized carbons (Fsp3) is 0.333. The second kappa shape index (κ2) is 5.82. The maximum atomic E-state index is 11.6. The Hall–Kier alpha value is -1.36. The highest BCUT2D eigenvalue weighted by Crippen LogP contribution is 2.13. The molecule has 90 valence electrons. The molecule has 0 atom stereocenters. The third-order valence-corrected chi connectivity index (χ3v) is 3.00. The number of rotatable bonds is 5. The van der Waals surface area contributed by atoms with Gasteiger partial charge in [-0.05, 0) is 25.0 Å². The normalized spacial score (nSPS) is 10.6. The first-order valence-corrected chi connectivity index (χ1v) is 6.72. The maximum absolute atomic E-state index is 11.6. The molecule has 1 aromatic carbocycles. The van der Waals surface area contributed by atoms with Crippen LogP contribution in [0.15, 0.2) is 24.3 Å². The number of aromatic amines is 1. The number of carbonyl (C=O) groups excluding carboxylic acids is 1. The van der Waals surface area contributed by atoms with Crippen LogP contribution in [0.25, 0.3) is 11.0 Å². The Kier molecular flexibility index (Phi) is 4.14. The summed E-state index contributed by atoms with van der Waals surface area (Å²) in [6.07, 6.45) is 2.42. The minimum Gasteiger partial charge on any atom is -0.324 e. The molecular weight excluding hydrogens is 282 g/mol. The van der Waals surface area contributed by atoms with Crippen LogP contribution >= 0.6 is 15.9 Å². The zero-order chi connectivity index (χ0) is 12.1. The van der Waals surface area contributed by atoms with Crippen LogP contribution in [0.4, 0.5) is 5.95 Å². The van der Waals surface area contributed by atoms with Gasteiger partial charge in [-0.3, -0.25) is 10.1 Å². The van der Waals surface area contributed by atoms with E-state index in [9.17, 15) is 4.79 Å². The first-order chi connectivity index (χ1) is 8.29. The molecule has 0 aliphatic heterocycles. The summed E-state index contributed by atoms with van der Waals surface area (Å²) in [6, 6.07) is 7.70. The first-order valence-electron chi connectivity index (χ1n) is 5.60. The van der Waals surface area contributed by atoms with Gasteiger partial charge >= 0.3 is 0 Å². The fourth-order valence-corrected chi connectivity index (χ4v) is 1.98. The molecule has 0 saturated heterocycles. The van der Waals surface area contributed by atoms with Gasteiger partial charge in [-0.25, -0.2) is 4.98 Å². The number of imidazole rings is 1. The van der Waals surface area contributed by atoms with Gasteiger partial charge < -0.3 is 4.98 Å². The van der Waals surface area contributed by atoms with Gasteiger partial charge in [0.2, 0.25) is 11.9 Å². The summed E-state index contributed by atoms with van der Waals surface area (Å²) in [5.74, 6) is 0.528. The van der Waals surface area contributed by atoms with Crippen molar-refractivity contribution < 1.29 is 4.79 Å². The molecule has 5 heteroatoms. The molecule has 1 aromatic heterocycles. The predicted molar refractivity (Wildman–Crippen MR) is 72.4 cm³/mol. The van der Waals surface area contributed by atoms with Crippen molar-refractivity contribution in [3.8, 4) is 0 Å². The predicted octanol–water partition coefficient (Wildman–Crippen LogP) is 3.07. The van der Waals surface area contributed by atoms with E-state index in [4.69, 9.17) is 0 Å². The van der Waals surface area contributed by atoms with Crippen molar-refractivity contribution in [1.29, 1.82) is 0 Å².